The van der Waals surface area contributed by atoms with Gasteiger partial charge in [0.15, 0.2) is 0 Å². The van der Waals surface area contributed by atoms with Crippen LogP contribution >= 0.6 is 0 Å². The molecule has 3 aliphatic rings. The van der Waals surface area contributed by atoms with E-state index in [1.807, 2.05) is 0 Å². The largest absolute Gasteiger partial charge is 0.481 e. The molecule has 2 unspecified atom stereocenters. The van der Waals surface area contributed by atoms with Crippen LogP contribution in [0.2, 0.25) is 0 Å². The summed E-state index contributed by atoms with van der Waals surface area (Å²) in [6.45, 7) is 13.0. The standard InChI is InChI=1S/C24H42O5/c1-16-8-9-19-21(3,4)11-7-12-24(19,27)23(16,6)15-14-22(5)13-10-18(28-29-22)17(2)20(25)26/h16-19,27H,7-15H2,1-6H3,(H,25,26)/t16-,17+,18?,19+,22?,23-,24+/m1/s1. The van der Waals surface area contributed by atoms with Gasteiger partial charge in [-0.15, -0.1) is 0 Å². The van der Waals surface area contributed by atoms with E-state index in [1.165, 1.54) is 12.8 Å². The van der Waals surface area contributed by atoms with Crippen molar-refractivity contribution < 1.29 is 24.8 Å². The van der Waals surface area contributed by atoms with E-state index in [9.17, 15) is 15.0 Å². The van der Waals surface area contributed by atoms with Crippen LogP contribution in [0.15, 0.2) is 0 Å². The molecular weight excluding hydrogens is 368 g/mol. The molecule has 2 saturated carbocycles. The number of aliphatic hydroxyl groups is 1. The minimum absolute atomic E-state index is 0.148. The fourth-order valence-electron chi connectivity index (χ4n) is 6.64. The van der Waals surface area contributed by atoms with Gasteiger partial charge in [-0.05, 0) is 87.9 Å². The van der Waals surface area contributed by atoms with Crippen molar-refractivity contribution in [3.8, 4) is 0 Å². The maximum atomic E-state index is 12.1. The Morgan fingerprint density at radius 2 is 1.76 bits per heavy atom. The minimum Gasteiger partial charge on any atom is -0.481 e. The first-order chi connectivity index (χ1) is 13.3. The Morgan fingerprint density at radius 1 is 1.07 bits per heavy atom. The van der Waals surface area contributed by atoms with Crippen LogP contribution in [0.4, 0.5) is 0 Å². The number of fused-ring (bicyclic) bond motifs is 1. The van der Waals surface area contributed by atoms with Crippen LogP contribution in [-0.2, 0) is 14.6 Å². The Hall–Kier alpha value is -0.650. The van der Waals surface area contributed by atoms with E-state index in [4.69, 9.17) is 9.78 Å². The summed E-state index contributed by atoms with van der Waals surface area (Å²) in [5, 5.41) is 21.3. The summed E-state index contributed by atoms with van der Waals surface area (Å²) >= 11 is 0. The molecule has 168 valence electrons. The lowest BCUT2D eigenvalue weighted by Crippen LogP contribution is -2.63. The number of rotatable bonds is 5. The number of carboxylic acids is 1. The van der Waals surface area contributed by atoms with Crippen molar-refractivity contribution >= 4 is 5.97 Å². The number of hydrogen-bond donors (Lipinski definition) is 2. The molecule has 1 saturated heterocycles. The minimum atomic E-state index is -0.848. The van der Waals surface area contributed by atoms with Crippen LogP contribution in [0.5, 0.6) is 0 Å². The van der Waals surface area contributed by atoms with Crippen LogP contribution in [-0.4, -0.2) is 33.5 Å². The lowest BCUT2D eigenvalue weighted by Gasteiger charge is -2.63. The van der Waals surface area contributed by atoms with E-state index in [0.717, 1.165) is 38.5 Å². The van der Waals surface area contributed by atoms with Crippen LogP contribution in [0.25, 0.3) is 0 Å². The zero-order chi connectivity index (χ0) is 21.7. The number of carbonyl (C=O) groups is 1. The predicted octanol–water partition coefficient (Wildman–Crippen LogP) is 5.35. The molecule has 0 spiro atoms. The second kappa shape index (κ2) is 7.80. The molecule has 2 aliphatic carbocycles. The van der Waals surface area contributed by atoms with Crippen LogP contribution in [0, 0.1) is 28.6 Å². The van der Waals surface area contributed by atoms with Crippen molar-refractivity contribution in [2.24, 2.45) is 28.6 Å². The van der Waals surface area contributed by atoms with Gasteiger partial charge in [0.25, 0.3) is 0 Å². The summed E-state index contributed by atoms with van der Waals surface area (Å²) in [6, 6.07) is 0. The van der Waals surface area contributed by atoms with Crippen LogP contribution in [0.3, 0.4) is 0 Å². The zero-order valence-electron chi connectivity index (χ0n) is 19.3. The quantitative estimate of drug-likeness (QED) is 0.598. The molecule has 7 atom stereocenters. The average Bonchev–Trinajstić information content (AvgIpc) is 2.64. The molecule has 0 radical (unpaired) electrons. The normalized spacial score (nSPS) is 46.0. The SMILES string of the molecule is C[C@H](C(=O)O)C1CCC(C)(CC[C@]2(C)[C@H](C)CC[C@H]3C(C)(C)CCC[C@]32O)OO1. The van der Waals surface area contributed by atoms with Crippen molar-refractivity contribution in [2.45, 2.75) is 117 Å². The highest BCUT2D eigenvalue weighted by molar-refractivity contribution is 5.70. The molecule has 0 aromatic carbocycles. The molecule has 29 heavy (non-hydrogen) atoms. The van der Waals surface area contributed by atoms with Crippen molar-refractivity contribution in [1.29, 1.82) is 0 Å². The van der Waals surface area contributed by atoms with E-state index in [0.29, 0.717) is 18.3 Å². The molecule has 5 heteroatoms. The summed E-state index contributed by atoms with van der Waals surface area (Å²) in [7, 11) is 0. The molecule has 0 amide bonds. The Morgan fingerprint density at radius 3 is 2.34 bits per heavy atom. The molecule has 0 aromatic rings. The Bertz CT molecular complexity index is 608. The second-order valence-corrected chi connectivity index (χ2v) is 11.5. The third kappa shape index (κ3) is 3.99. The first-order valence-corrected chi connectivity index (χ1v) is 11.6. The van der Waals surface area contributed by atoms with E-state index >= 15 is 0 Å². The van der Waals surface area contributed by atoms with Gasteiger partial charge < -0.3 is 10.2 Å². The van der Waals surface area contributed by atoms with Crippen LogP contribution in [0.1, 0.15) is 99.3 Å². The fraction of sp³-hybridized carbons (Fsp3) is 0.958. The summed E-state index contributed by atoms with van der Waals surface area (Å²) in [4.78, 5) is 22.6. The van der Waals surface area contributed by atoms with Gasteiger partial charge in [0, 0.05) is 0 Å². The lowest BCUT2D eigenvalue weighted by atomic mass is 9.45. The van der Waals surface area contributed by atoms with Gasteiger partial charge in [-0.2, -0.15) is 0 Å². The molecule has 1 aliphatic heterocycles. The number of hydrogen-bond acceptors (Lipinski definition) is 4. The second-order valence-electron chi connectivity index (χ2n) is 11.5. The molecule has 5 nitrogen and oxygen atoms in total. The third-order valence-electron chi connectivity index (χ3n) is 9.31. The van der Waals surface area contributed by atoms with E-state index in [-0.39, 0.29) is 10.8 Å². The summed E-state index contributed by atoms with van der Waals surface area (Å²) in [5.41, 5.74) is -1.02. The topological polar surface area (TPSA) is 76.0 Å². The van der Waals surface area contributed by atoms with Gasteiger partial charge in [0.05, 0.1) is 11.5 Å². The zero-order valence-corrected chi connectivity index (χ0v) is 19.3. The molecule has 1 heterocycles. The molecule has 2 N–H and O–H groups in total. The summed E-state index contributed by atoms with van der Waals surface area (Å²) in [5.74, 6) is -0.604. The van der Waals surface area contributed by atoms with Gasteiger partial charge in [-0.3, -0.25) is 4.79 Å². The monoisotopic (exact) mass is 410 g/mol. The van der Waals surface area contributed by atoms with Crippen LogP contribution < -0.4 is 0 Å². The van der Waals surface area contributed by atoms with Gasteiger partial charge in [-0.1, -0.05) is 34.1 Å². The summed E-state index contributed by atoms with van der Waals surface area (Å²) < 4.78 is 0. The van der Waals surface area contributed by atoms with Gasteiger partial charge >= 0.3 is 5.97 Å². The smallest absolute Gasteiger partial charge is 0.308 e. The number of aliphatic carboxylic acids is 1. The molecule has 0 bridgehead atoms. The van der Waals surface area contributed by atoms with Crippen molar-refractivity contribution in [1.82, 2.24) is 0 Å². The highest BCUT2D eigenvalue weighted by atomic mass is 17.2. The molecule has 3 fully saturated rings. The average molecular weight is 411 g/mol. The highest BCUT2D eigenvalue weighted by Gasteiger charge is 2.61. The molecule has 0 aromatic heterocycles. The molecular formula is C24H42O5. The van der Waals surface area contributed by atoms with E-state index in [1.54, 1.807) is 6.92 Å². The Balaban J connectivity index is 1.71. The van der Waals surface area contributed by atoms with Gasteiger partial charge in [0.2, 0.25) is 0 Å². The lowest BCUT2D eigenvalue weighted by molar-refractivity contribution is -0.412. The molecule has 3 rings (SSSR count). The maximum Gasteiger partial charge on any atom is 0.308 e. The maximum absolute atomic E-state index is 12.1. The first kappa shape index (κ1) is 23.0. The predicted molar refractivity (Wildman–Crippen MR) is 112 cm³/mol. The highest BCUT2D eigenvalue weighted by Crippen LogP contribution is 2.63. The first-order valence-electron chi connectivity index (χ1n) is 11.6. The van der Waals surface area contributed by atoms with E-state index in [2.05, 4.69) is 34.6 Å². The van der Waals surface area contributed by atoms with Gasteiger partial charge in [-0.25, -0.2) is 9.78 Å². The number of carboxylic acid groups (broad SMARTS) is 1. The van der Waals surface area contributed by atoms with E-state index < -0.39 is 29.2 Å². The van der Waals surface area contributed by atoms with Crippen molar-refractivity contribution in [2.75, 3.05) is 0 Å². The Kier molecular flexibility index (Phi) is 6.19. The van der Waals surface area contributed by atoms with Crippen molar-refractivity contribution in [3.63, 3.8) is 0 Å². The summed E-state index contributed by atoms with van der Waals surface area (Å²) in [6.07, 6.45) is 8.27. The third-order valence-corrected chi connectivity index (χ3v) is 9.31. The Labute approximate surface area is 176 Å². The van der Waals surface area contributed by atoms with Crippen molar-refractivity contribution in [3.05, 3.63) is 0 Å². The van der Waals surface area contributed by atoms with Gasteiger partial charge in [0.1, 0.15) is 11.7 Å². The fourth-order valence-corrected chi connectivity index (χ4v) is 6.64.